The monoisotopic (exact) mass is 244 g/mol. The second kappa shape index (κ2) is 2.75. The summed E-state index contributed by atoms with van der Waals surface area (Å²) in [6.07, 6.45) is 1.85. The highest BCUT2D eigenvalue weighted by Gasteiger charge is 2.04. The molecule has 12 heavy (non-hydrogen) atoms. The highest BCUT2D eigenvalue weighted by molar-refractivity contribution is 9.10. The van der Waals surface area contributed by atoms with Gasteiger partial charge in [-0.15, -0.1) is 0 Å². The maximum Gasteiger partial charge on any atom is 0.138 e. The Morgan fingerprint density at radius 3 is 3.00 bits per heavy atom. The number of aromatic nitrogens is 2. The van der Waals surface area contributed by atoms with Crippen LogP contribution >= 0.6 is 27.5 Å². The fraction of sp³-hybridized carbons (Fsp3) is 0.125. The number of halogens is 2. The number of pyridine rings is 1. The zero-order valence-corrected chi connectivity index (χ0v) is 8.72. The molecule has 2 aromatic heterocycles. The summed E-state index contributed by atoms with van der Waals surface area (Å²) in [5.74, 6) is 0. The molecule has 0 N–H and O–H groups in total. The summed E-state index contributed by atoms with van der Waals surface area (Å²) in [4.78, 5) is 4.27. The van der Waals surface area contributed by atoms with Crippen molar-refractivity contribution in [1.29, 1.82) is 0 Å². The van der Waals surface area contributed by atoms with Crippen molar-refractivity contribution >= 4 is 33.2 Å². The van der Waals surface area contributed by atoms with Gasteiger partial charge >= 0.3 is 0 Å². The van der Waals surface area contributed by atoms with Crippen LogP contribution < -0.4 is 0 Å². The smallest absolute Gasteiger partial charge is 0.138 e. The third-order valence-corrected chi connectivity index (χ3v) is 2.74. The van der Waals surface area contributed by atoms with Gasteiger partial charge in [0.1, 0.15) is 10.3 Å². The predicted octanol–water partition coefficient (Wildman–Crippen LogP) is 3.06. The van der Waals surface area contributed by atoms with Crippen molar-refractivity contribution in [3.8, 4) is 0 Å². The number of hydrogen-bond acceptors (Lipinski definition) is 1. The molecular formula is C8H6BrClN2. The Kier molecular flexibility index (Phi) is 1.85. The van der Waals surface area contributed by atoms with Gasteiger partial charge in [-0.25, -0.2) is 4.98 Å². The van der Waals surface area contributed by atoms with E-state index < -0.39 is 0 Å². The molecule has 0 fully saturated rings. The third kappa shape index (κ3) is 1.13. The molecule has 0 atom stereocenters. The molecule has 0 saturated heterocycles. The third-order valence-electron chi connectivity index (χ3n) is 1.76. The SMILES string of the molecule is Cc1c(Br)nc2ccc(Cl)cn12. The van der Waals surface area contributed by atoms with Gasteiger partial charge in [0.15, 0.2) is 0 Å². The summed E-state index contributed by atoms with van der Waals surface area (Å²) in [6, 6.07) is 3.72. The molecule has 0 bridgehead atoms. The maximum absolute atomic E-state index is 5.84. The van der Waals surface area contributed by atoms with E-state index in [0.717, 1.165) is 21.0 Å². The van der Waals surface area contributed by atoms with Crippen molar-refractivity contribution < 1.29 is 0 Å². The summed E-state index contributed by atoms with van der Waals surface area (Å²) in [7, 11) is 0. The van der Waals surface area contributed by atoms with Gasteiger partial charge in [-0.1, -0.05) is 11.6 Å². The molecule has 0 aliphatic carbocycles. The lowest BCUT2D eigenvalue weighted by Gasteiger charge is -1.95. The second-order valence-corrected chi connectivity index (χ2v) is 3.75. The van der Waals surface area contributed by atoms with Crippen molar-refractivity contribution in [3.05, 3.63) is 33.6 Å². The van der Waals surface area contributed by atoms with Crippen LogP contribution in [-0.2, 0) is 0 Å². The summed E-state index contributed by atoms with van der Waals surface area (Å²) in [5.41, 5.74) is 1.97. The fourth-order valence-electron chi connectivity index (χ4n) is 1.11. The van der Waals surface area contributed by atoms with Crippen LogP contribution in [0.2, 0.25) is 5.02 Å². The van der Waals surface area contributed by atoms with Crippen molar-refractivity contribution in [2.75, 3.05) is 0 Å². The summed E-state index contributed by atoms with van der Waals surface area (Å²) in [5, 5.41) is 0.718. The van der Waals surface area contributed by atoms with Gasteiger partial charge in [0.25, 0.3) is 0 Å². The first-order chi connectivity index (χ1) is 5.68. The minimum Gasteiger partial charge on any atom is -0.302 e. The van der Waals surface area contributed by atoms with Crippen molar-refractivity contribution in [3.63, 3.8) is 0 Å². The van der Waals surface area contributed by atoms with E-state index in [1.165, 1.54) is 0 Å². The van der Waals surface area contributed by atoms with E-state index in [-0.39, 0.29) is 0 Å². The quantitative estimate of drug-likeness (QED) is 0.697. The molecular weight excluding hydrogens is 239 g/mol. The molecule has 2 rings (SSSR count). The Bertz CT molecular complexity index is 436. The van der Waals surface area contributed by atoms with Gasteiger partial charge in [0.2, 0.25) is 0 Å². The molecule has 0 aliphatic rings. The summed E-state index contributed by atoms with van der Waals surface area (Å²) >= 11 is 9.19. The molecule has 4 heteroatoms. The van der Waals surface area contributed by atoms with Gasteiger partial charge in [-0.3, -0.25) is 0 Å². The molecule has 2 aromatic rings. The van der Waals surface area contributed by atoms with Gasteiger partial charge in [-0.05, 0) is 35.0 Å². The van der Waals surface area contributed by atoms with E-state index in [9.17, 15) is 0 Å². The van der Waals surface area contributed by atoms with E-state index in [1.807, 2.05) is 29.7 Å². The van der Waals surface area contributed by atoms with E-state index >= 15 is 0 Å². The lowest BCUT2D eigenvalue weighted by Crippen LogP contribution is -1.85. The van der Waals surface area contributed by atoms with Crippen molar-refractivity contribution in [2.45, 2.75) is 6.92 Å². The normalized spacial score (nSPS) is 10.9. The Labute approximate surface area is 83.3 Å². The van der Waals surface area contributed by atoms with Crippen LogP contribution in [0.5, 0.6) is 0 Å². The average Bonchev–Trinajstić information content (AvgIpc) is 2.31. The zero-order chi connectivity index (χ0) is 8.72. The summed E-state index contributed by atoms with van der Waals surface area (Å²) < 4.78 is 2.82. The summed E-state index contributed by atoms with van der Waals surface area (Å²) in [6.45, 7) is 1.99. The molecule has 0 saturated carbocycles. The average molecular weight is 246 g/mol. The Hall–Kier alpha value is -0.540. The van der Waals surface area contributed by atoms with Crippen LogP contribution in [-0.4, -0.2) is 9.38 Å². The number of fused-ring (bicyclic) bond motifs is 1. The minimum absolute atomic E-state index is 0.718. The van der Waals surface area contributed by atoms with Crippen molar-refractivity contribution in [1.82, 2.24) is 9.38 Å². The topological polar surface area (TPSA) is 17.3 Å². The Morgan fingerprint density at radius 2 is 2.25 bits per heavy atom. The van der Waals surface area contributed by atoms with Crippen LogP contribution in [0.15, 0.2) is 22.9 Å². The number of imidazole rings is 1. The van der Waals surface area contributed by atoms with Gasteiger partial charge < -0.3 is 4.40 Å². The van der Waals surface area contributed by atoms with Gasteiger partial charge in [0, 0.05) is 6.20 Å². The van der Waals surface area contributed by atoms with E-state index in [2.05, 4.69) is 20.9 Å². The Morgan fingerprint density at radius 1 is 1.50 bits per heavy atom. The maximum atomic E-state index is 5.84. The molecule has 0 radical (unpaired) electrons. The molecule has 0 aliphatic heterocycles. The highest BCUT2D eigenvalue weighted by atomic mass is 79.9. The Balaban J connectivity index is 2.88. The van der Waals surface area contributed by atoms with Crippen LogP contribution in [0.3, 0.4) is 0 Å². The molecule has 2 nitrogen and oxygen atoms in total. The van der Waals surface area contributed by atoms with E-state index in [4.69, 9.17) is 11.6 Å². The number of rotatable bonds is 0. The zero-order valence-electron chi connectivity index (χ0n) is 6.38. The van der Waals surface area contributed by atoms with Gasteiger partial charge in [-0.2, -0.15) is 0 Å². The number of hydrogen-bond donors (Lipinski definition) is 0. The minimum atomic E-state index is 0.718. The molecule has 0 unspecified atom stereocenters. The van der Waals surface area contributed by atoms with Crippen molar-refractivity contribution in [2.24, 2.45) is 0 Å². The molecule has 2 heterocycles. The van der Waals surface area contributed by atoms with Crippen LogP contribution in [0.4, 0.5) is 0 Å². The second-order valence-electron chi connectivity index (χ2n) is 2.56. The lowest BCUT2D eigenvalue weighted by molar-refractivity contribution is 1.10. The van der Waals surface area contributed by atoms with E-state index in [1.54, 1.807) is 0 Å². The largest absolute Gasteiger partial charge is 0.302 e. The standard InChI is InChI=1S/C8H6BrClN2/c1-5-8(9)11-7-3-2-6(10)4-12(5)7/h2-4H,1H3. The number of aryl methyl sites for hydroxylation is 1. The first-order valence-corrected chi connectivity index (χ1v) is 4.65. The van der Waals surface area contributed by atoms with Gasteiger partial charge in [0.05, 0.1) is 10.7 Å². The fourth-order valence-corrected chi connectivity index (χ4v) is 1.64. The number of nitrogens with zero attached hydrogens (tertiary/aromatic N) is 2. The molecule has 62 valence electrons. The molecule has 0 aromatic carbocycles. The first-order valence-electron chi connectivity index (χ1n) is 3.48. The molecule has 0 amide bonds. The highest BCUT2D eigenvalue weighted by Crippen LogP contribution is 2.19. The predicted molar refractivity (Wildman–Crippen MR) is 52.6 cm³/mol. The molecule has 0 spiro atoms. The van der Waals surface area contributed by atoms with E-state index in [0.29, 0.717) is 0 Å². The first kappa shape index (κ1) is 8.08. The van der Waals surface area contributed by atoms with Crippen LogP contribution in [0.1, 0.15) is 5.69 Å². The lowest BCUT2D eigenvalue weighted by atomic mass is 10.4. The van der Waals surface area contributed by atoms with Crippen LogP contribution in [0.25, 0.3) is 5.65 Å². The van der Waals surface area contributed by atoms with Crippen LogP contribution in [0, 0.1) is 6.92 Å².